The van der Waals surface area contributed by atoms with Crippen molar-refractivity contribution in [1.29, 1.82) is 0 Å². The minimum Gasteiger partial charge on any atom is -0.370 e. The van der Waals surface area contributed by atoms with Crippen molar-refractivity contribution >= 4 is 17.5 Å². The molecule has 0 atom stereocenters. The number of rotatable bonds is 2. The summed E-state index contributed by atoms with van der Waals surface area (Å²) in [5.74, 6) is -0.297. The molecule has 21 heavy (non-hydrogen) atoms. The second-order valence-corrected chi connectivity index (χ2v) is 4.76. The third-order valence-electron chi connectivity index (χ3n) is 3.44. The number of anilines is 1. The molecule has 2 rings (SSSR count). The van der Waals surface area contributed by atoms with Crippen LogP contribution in [0, 0.1) is 0 Å². The molecule has 0 unspecified atom stereocenters. The number of benzene rings is 1. The summed E-state index contributed by atoms with van der Waals surface area (Å²) in [7, 11) is 0. The molecule has 1 heterocycles. The van der Waals surface area contributed by atoms with E-state index in [-0.39, 0.29) is 7.33 Å². The fourth-order valence-electron chi connectivity index (χ4n) is 2.35. The molecule has 1 aromatic rings. The zero-order valence-corrected chi connectivity index (χ0v) is 13.1. The van der Waals surface area contributed by atoms with Crippen molar-refractivity contribution < 1.29 is 11.0 Å². The van der Waals surface area contributed by atoms with Crippen LogP contribution in [0.3, 0.4) is 0 Å². The Morgan fingerprint density at radius 2 is 1.86 bits per heavy atom. The van der Waals surface area contributed by atoms with E-state index >= 15 is 0 Å². The van der Waals surface area contributed by atoms with E-state index in [2.05, 4.69) is 4.90 Å². The van der Waals surface area contributed by atoms with Gasteiger partial charge in [0.25, 0.3) is 0 Å². The minimum atomic E-state index is -0.415. The minimum absolute atomic E-state index is 0. The Morgan fingerprint density at radius 3 is 2.48 bits per heavy atom. The number of primary amides is 1. The van der Waals surface area contributed by atoms with E-state index in [0.29, 0.717) is 5.56 Å². The van der Waals surface area contributed by atoms with Crippen molar-refractivity contribution in [2.75, 3.05) is 31.1 Å². The first-order valence-electron chi connectivity index (χ1n) is 7.48. The first-order valence-corrected chi connectivity index (χ1v) is 7.48. The molecule has 0 bridgehead atoms. The van der Waals surface area contributed by atoms with Gasteiger partial charge in [-0.3, -0.25) is 9.59 Å². The Hall–Kier alpha value is -2.04. The molecule has 118 valence electrons. The lowest BCUT2D eigenvalue weighted by Crippen LogP contribution is -2.33. The maximum absolute atomic E-state index is 11.4. The average Bonchev–Trinajstić information content (AvgIpc) is 2.75. The summed E-state index contributed by atoms with van der Waals surface area (Å²) < 4.78 is 0. The van der Waals surface area contributed by atoms with Crippen LogP contribution in [0.25, 0.3) is 0 Å². The highest BCUT2D eigenvalue weighted by Crippen LogP contribution is 2.18. The van der Waals surface area contributed by atoms with Gasteiger partial charge in [0.2, 0.25) is 11.8 Å². The topological polar surface area (TPSA) is 66.6 Å². The van der Waals surface area contributed by atoms with Crippen LogP contribution >= 0.6 is 0 Å². The lowest BCUT2D eigenvalue weighted by molar-refractivity contribution is -0.128. The number of carbonyl (C=O) groups is 2. The highest BCUT2D eigenvalue weighted by atomic mass is 16.2. The predicted octanol–water partition coefficient (Wildman–Crippen LogP) is 2.12. The van der Waals surface area contributed by atoms with E-state index < -0.39 is 5.91 Å². The van der Waals surface area contributed by atoms with Crippen molar-refractivity contribution in [1.82, 2.24) is 4.90 Å². The zero-order chi connectivity index (χ0) is 15.8. The monoisotopic (exact) mass is 293 g/mol. The smallest absolute Gasteiger partial charge is 0.248 e. The van der Waals surface area contributed by atoms with Crippen LogP contribution in [-0.4, -0.2) is 42.9 Å². The van der Waals surface area contributed by atoms with Crippen LogP contribution in [0.15, 0.2) is 24.3 Å². The van der Waals surface area contributed by atoms with Gasteiger partial charge in [-0.15, -0.1) is 0 Å². The van der Waals surface area contributed by atoms with Crippen LogP contribution in [-0.2, 0) is 4.79 Å². The van der Waals surface area contributed by atoms with Gasteiger partial charge >= 0.3 is 0 Å². The van der Waals surface area contributed by atoms with E-state index in [4.69, 9.17) is 5.73 Å². The first-order chi connectivity index (χ1) is 10.1. The standard InChI is InChI=1S/C14H19N3O2.C2H6.H2/c1-11(18)16-6-3-7-17(9-8-16)13-5-2-4-12(10-13)14(15)19;1-2;/h2,4-5,10H,3,6-9H2,1H3,(H2,15,19);1-2H3;1H. The van der Waals surface area contributed by atoms with Gasteiger partial charge in [0, 0.05) is 45.8 Å². The van der Waals surface area contributed by atoms with Crippen molar-refractivity contribution in [3.63, 3.8) is 0 Å². The molecule has 1 saturated heterocycles. The van der Waals surface area contributed by atoms with E-state index in [1.807, 2.05) is 36.9 Å². The number of nitrogens with two attached hydrogens (primary N) is 1. The van der Waals surface area contributed by atoms with Gasteiger partial charge in [-0.25, -0.2) is 0 Å². The van der Waals surface area contributed by atoms with E-state index in [9.17, 15) is 9.59 Å². The summed E-state index contributed by atoms with van der Waals surface area (Å²) in [6.07, 6.45) is 0.931. The number of amides is 2. The molecule has 1 aromatic carbocycles. The maximum Gasteiger partial charge on any atom is 0.248 e. The lowest BCUT2D eigenvalue weighted by Gasteiger charge is -2.23. The normalized spacial score (nSPS) is 14.8. The summed E-state index contributed by atoms with van der Waals surface area (Å²) in [5, 5.41) is 0. The van der Waals surface area contributed by atoms with Gasteiger partial charge < -0.3 is 15.5 Å². The summed E-state index contributed by atoms with van der Waals surface area (Å²) in [5.41, 5.74) is 6.80. The van der Waals surface area contributed by atoms with Crippen molar-refractivity contribution in [2.24, 2.45) is 5.73 Å². The second-order valence-electron chi connectivity index (χ2n) is 4.76. The summed E-state index contributed by atoms with van der Waals surface area (Å²) in [4.78, 5) is 26.6. The molecule has 5 nitrogen and oxygen atoms in total. The molecule has 0 aromatic heterocycles. The summed E-state index contributed by atoms with van der Waals surface area (Å²) in [6.45, 7) is 8.77. The van der Waals surface area contributed by atoms with Crippen LogP contribution in [0.2, 0.25) is 0 Å². The van der Waals surface area contributed by atoms with E-state index in [1.165, 1.54) is 0 Å². The molecular weight excluding hydrogens is 266 g/mol. The zero-order valence-electron chi connectivity index (χ0n) is 13.1. The summed E-state index contributed by atoms with van der Waals surface area (Å²) in [6, 6.07) is 7.33. The van der Waals surface area contributed by atoms with Crippen molar-refractivity contribution in [2.45, 2.75) is 27.2 Å². The molecule has 1 aliphatic rings. The maximum atomic E-state index is 11.4. The van der Waals surface area contributed by atoms with Crippen molar-refractivity contribution in [3.05, 3.63) is 29.8 Å². The van der Waals surface area contributed by atoms with Crippen LogP contribution < -0.4 is 10.6 Å². The summed E-state index contributed by atoms with van der Waals surface area (Å²) >= 11 is 0. The first kappa shape index (κ1) is 17.0. The van der Waals surface area contributed by atoms with Gasteiger partial charge in [0.15, 0.2) is 0 Å². The molecule has 2 N–H and O–H groups in total. The van der Waals surface area contributed by atoms with Gasteiger partial charge in [0.1, 0.15) is 0 Å². The van der Waals surface area contributed by atoms with Crippen LogP contribution in [0.5, 0.6) is 0 Å². The Bertz CT molecular complexity index is 494. The lowest BCUT2D eigenvalue weighted by atomic mass is 10.1. The fourth-order valence-corrected chi connectivity index (χ4v) is 2.35. The molecule has 0 radical (unpaired) electrons. The Kier molecular flexibility index (Phi) is 6.72. The molecule has 1 fully saturated rings. The highest BCUT2D eigenvalue weighted by Gasteiger charge is 2.17. The highest BCUT2D eigenvalue weighted by molar-refractivity contribution is 5.93. The molecule has 5 heteroatoms. The fraction of sp³-hybridized carbons (Fsp3) is 0.500. The molecule has 0 aliphatic carbocycles. The Morgan fingerprint density at radius 1 is 1.14 bits per heavy atom. The molecular formula is C16H27N3O2. The van der Waals surface area contributed by atoms with E-state index in [0.717, 1.165) is 38.3 Å². The third kappa shape index (κ3) is 4.77. The van der Waals surface area contributed by atoms with Gasteiger partial charge in [-0.05, 0) is 24.6 Å². The average molecular weight is 293 g/mol. The Balaban J connectivity index is 0.00000141. The Labute approximate surface area is 128 Å². The van der Waals surface area contributed by atoms with Gasteiger partial charge in [-0.1, -0.05) is 19.9 Å². The van der Waals surface area contributed by atoms with Gasteiger partial charge in [-0.2, -0.15) is 0 Å². The molecule has 2 amide bonds. The third-order valence-corrected chi connectivity index (χ3v) is 3.44. The van der Waals surface area contributed by atoms with Gasteiger partial charge in [0.05, 0.1) is 0 Å². The quantitative estimate of drug-likeness (QED) is 0.908. The molecule has 0 spiro atoms. The predicted molar refractivity (Wildman–Crippen MR) is 87.5 cm³/mol. The van der Waals surface area contributed by atoms with E-state index in [1.54, 1.807) is 13.0 Å². The SMILES string of the molecule is CC.CC(=O)N1CCCN(c2cccc(C(N)=O)c2)CC1.[HH]. The number of nitrogens with zero attached hydrogens (tertiary/aromatic N) is 2. The molecule has 0 saturated carbocycles. The second kappa shape index (κ2) is 8.29. The van der Waals surface area contributed by atoms with Crippen LogP contribution in [0.1, 0.15) is 39.0 Å². The molecule has 1 aliphatic heterocycles. The van der Waals surface area contributed by atoms with Crippen LogP contribution in [0.4, 0.5) is 5.69 Å². The largest absolute Gasteiger partial charge is 0.370 e. The number of carbonyl (C=O) groups excluding carboxylic acids is 2. The number of hydrogen-bond donors (Lipinski definition) is 1. The number of hydrogen-bond acceptors (Lipinski definition) is 3. The van der Waals surface area contributed by atoms with Crippen molar-refractivity contribution in [3.8, 4) is 0 Å².